The number of alkyl halides is 1. The van der Waals surface area contributed by atoms with Gasteiger partial charge in [-0.15, -0.1) is 0 Å². The molecule has 2 aromatic heterocycles. The van der Waals surface area contributed by atoms with Crippen LogP contribution >= 0.6 is 0 Å². The quantitative estimate of drug-likeness (QED) is 0.735. The first kappa shape index (κ1) is 17.2. The molecule has 140 valence electrons. The van der Waals surface area contributed by atoms with Gasteiger partial charge in [-0.25, -0.2) is 13.6 Å². The second kappa shape index (κ2) is 6.80. The number of cyclic esters (lactones) is 1. The van der Waals surface area contributed by atoms with Crippen molar-refractivity contribution in [2.24, 2.45) is 5.73 Å². The highest BCUT2D eigenvalue weighted by Crippen LogP contribution is 2.27. The summed E-state index contributed by atoms with van der Waals surface area (Å²) in [5, 5.41) is 3.68. The Labute approximate surface area is 152 Å². The second-order valence-corrected chi connectivity index (χ2v) is 5.94. The molecular formula is C17H15F2N5O3. The third-order valence-electron chi connectivity index (χ3n) is 4.19. The maximum Gasteiger partial charge on any atom is 0.414 e. The molecule has 27 heavy (non-hydrogen) atoms. The molecule has 10 heteroatoms. The molecule has 0 bridgehead atoms. The lowest BCUT2D eigenvalue weighted by Crippen LogP contribution is -2.27. The average molecular weight is 375 g/mol. The molecule has 1 aliphatic heterocycles. The summed E-state index contributed by atoms with van der Waals surface area (Å²) in [4.78, 5) is 17.1. The second-order valence-electron chi connectivity index (χ2n) is 5.94. The molecule has 0 saturated carbocycles. The number of benzene rings is 1. The van der Waals surface area contributed by atoms with E-state index in [1.165, 1.54) is 15.5 Å². The molecule has 2 N–H and O–H groups in total. The van der Waals surface area contributed by atoms with Crippen molar-refractivity contribution in [3.05, 3.63) is 48.4 Å². The molecule has 8 nitrogen and oxygen atoms in total. The van der Waals surface area contributed by atoms with Gasteiger partial charge in [0.05, 0.1) is 17.9 Å². The van der Waals surface area contributed by atoms with Gasteiger partial charge in [0.25, 0.3) is 5.89 Å². The van der Waals surface area contributed by atoms with Crippen LogP contribution in [0.1, 0.15) is 5.89 Å². The lowest BCUT2D eigenvalue weighted by atomic mass is 10.2. The van der Waals surface area contributed by atoms with E-state index in [0.717, 1.165) is 0 Å². The van der Waals surface area contributed by atoms with Gasteiger partial charge in [-0.1, -0.05) is 5.16 Å². The summed E-state index contributed by atoms with van der Waals surface area (Å²) in [7, 11) is 0. The van der Waals surface area contributed by atoms with Crippen LogP contribution < -0.4 is 10.6 Å². The molecule has 1 aromatic carbocycles. The third-order valence-corrected chi connectivity index (χ3v) is 4.19. The zero-order chi connectivity index (χ0) is 19.0. The minimum Gasteiger partial charge on any atom is -0.443 e. The lowest BCUT2D eigenvalue weighted by Gasteiger charge is -2.14. The van der Waals surface area contributed by atoms with E-state index in [2.05, 4.69) is 10.1 Å². The van der Waals surface area contributed by atoms with Crippen LogP contribution in [-0.2, 0) is 11.4 Å². The van der Waals surface area contributed by atoms with Crippen LogP contribution in [0.4, 0.5) is 19.3 Å². The molecule has 3 aromatic rings. The Morgan fingerprint density at radius 2 is 2.19 bits per heavy atom. The van der Waals surface area contributed by atoms with Gasteiger partial charge in [0, 0.05) is 24.5 Å². The number of halogens is 2. The van der Waals surface area contributed by atoms with E-state index in [4.69, 9.17) is 15.0 Å². The molecule has 0 spiro atoms. The average Bonchev–Trinajstić information content (AvgIpc) is 3.40. The molecule has 1 aliphatic rings. The van der Waals surface area contributed by atoms with E-state index in [9.17, 15) is 13.6 Å². The van der Waals surface area contributed by atoms with Gasteiger partial charge in [-0.3, -0.25) is 4.90 Å². The first-order valence-corrected chi connectivity index (χ1v) is 8.14. The fraction of sp³-hybridized carbons (Fsp3) is 0.235. The topological polar surface area (TPSA) is 99.4 Å². The van der Waals surface area contributed by atoms with Gasteiger partial charge in [-0.05, 0) is 24.3 Å². The third kappa shape index (κ3) is 3.14. The normalized spacial score (nSPS) is 16.8. The Bertz CT molecular complexity index is 987. The van der Waals surface area contributed by atoms with Crippen LogP contribution in [0.5, 0.6) is 0 Å². The molecule has 1 saturated heterocycles. The Morgan fingerprint density at radius 1 is 1.33 bits per heavy atom. The van der Waals surface area contributed by atoms with Crippen molar-refractivity contribution in [1.29, 1.82) is 0 Å². The summed E-state index contributed by atoms with van der Waals surface area (Å²) in [6, 6.07) is 6.07. The number of ether oxygens (including phenoxy) is 1. The SMILES string of the molecule is NC[C@H]1CN(c2ccc(-n3ccc(-c4noc(CF)n4)c3)c(F)c2)C(=O)O1. The van der Waals surface area contributed by atoms with E-state index in [-0.39, 0.29) is 30.5 Å². The van der Waals surface area contributed by atoms with Gasteiger partial charge < -0.3 is 19.6 Å². The van der Waals surface area contributed by atoms with E-state index >= 15 is 0 Å². The molecule has 1 fully saturated rings. The van der Waals surface area contributed by atoms with Crippen molar-refractivity contribution in [1.82, 2.24) is 14.7 Å². The molecule has 0 radical (unpaired) electrons. The number of nitrogens with two attached hydrogens (primary N) is 1. The molecule has 1 atom stereocenters. The van der Waals surface area contributed by atoms with E-state index in [1.54, 1.807) is 30.6 Å². The number of amides is 1. The first-order chi connectivity index (χ1) is 13.1. The number of hydrogen-bond acceptors (Lipinski definition) is 6. The number of nitrogens with zero attached hydrogens (tertiary/aromatic N) is 4. The summed E-state index contributed by atoms with van der Waals surface area (Å²) in [6.07, 6.45) is 2.26. The fourth-order valence-corrected chi connectivity index (χ4v) is 2.83. The zero-order valence-corrected chi connectivity index (χ0v) is 14.0. The number of aromatic nitrogens is 3. The largest absolute Gasteiger partial charge is 0.443 e. The maximum atomic E-state index is 14.6. The van der Waals surface area contributed by atoms with Crippen molar-refractivity contribution in [2.45, 2.75) is 12.8 Å². The van der Waals surface area contributed by atoms with Crippen LogP contribution in [0.15, 0.2) is 41.2 Å². The number of rotatable bonds is 5. The zero-order valence-electron chi connectivity index (χ0n) is 14.0. The van der Waals surface area contributed by atoms with Crippen LogP contribution in [0, 0.1) is 5.82 Å². The Kier molecular flexibility index (Phi) is 4.32. The highest BCUT2D eigenvalue weighted by Gasteiger charge is 2.31. The van der Waals surface area contributed by atoms with Crippen LogP contribution in [-0.4, -0.2) is 40.0 Å². The highest BCUT2D eigenvalue weighted by molar-refractivity contribution is 5.89. The van der Waals surface area contributed by atoms with Crippen molar-refractivity contribution < 1.29 is 22.8 Å². The van der Waals surface area contributed by atoms with Gasteiger partial charge >= 0.3 is 6.09 Å². The lowest BCUT2D eigenvalue weighted by molar-refractivity contribution is 0.145. The standard InChI is InChI=1S/C17H15F2N5O3/c18-6-15-21-16(22-27-15)10-3-4-23(8-10)14-2-1-11(5-13(14)19)24-9-12(7-20)26-17(24)25/h1-5,8,12H,6-7,9,20H2/t12-/m0/s1. The van der Waals surface area contributed by atoms with Crippen molar-refractivity contribution in [2.75, 3.05) is 18.0 Å². The monoisotopic (exact) mass is 375 g/mol. The molecule has 3 heterocycles. The summed E-state index contributed by atoms with van der Waals surface area (Å²) in [6.45, 7) is -0.376. The number of carbonyl (C=O) groups is 1. The Hall–Kier alpha value is -3.27. The summed E-state index contributed by atoms with van der Waals surface area (Å²) in [5.74, 6) is -0.441. The van der Waals surface area contributed by atoms with E-state index in [1.807, 2.05) is 0 Å². The smallest absolute Gasteiger partial charge is 0.414 e. The minimum atomic E-state index is -0.853. The van der Waals surface area contributed by atoms with Gasteiger partial charge in [0.1, 0.15) is 11.9 Å². The maximum absolute atomic E-state index is 14.6. The van der Waals surface area contributed by atoms with Crippen LogP contribution in [0.25, 0.3) is 17.1 Å². The summed E-state index contributed by atoms with van der Waals surface area (Å²) in [5.41, 5.74) is 6.71. The van der Waals surface area contributed by atoms with Crippen LogP contribution in [0.3, 0.4) is 0 Å². The van der Waals surface area contributed by atoms with Crippen molar-refractivity contribution in [3.63, 3.8) is 0 Å². The Morgan fingerprint density at radius 3 is 2.85 bits per heavy atom. The molecule has 1 amide bonds. The predicted octanol–water partition coefficient (Wildman–Crippen LogP) is 2.42. The Balaban J connectivity index is 1.59. The summed E-state index contributed by atoms with van der Waals surface area (Å²) >= 11 is 0. The molecule has 0 unspecified atom stereocenters. The van der Waals surface area contributed by atoms with Gasteiger partial charge in [-0.2, -0.15) is 4.98 Å². The first-order valence-electron chi connectivity index (χ1n) is 8.14. The molecular weight excluding hydrogens is 360 g/mol. The minimum absolute atomic E-state index is 0.124. The fourth-order valence-electron chi connectivity index (χ4n) is 2.83. The molecule has 0 aliphatic carbocycles. The molecule has 4 rings (SSSR count). The van der Waals surface area contributed by atoms with E-state index < -0.39 is 24.7 Å². The highest BCUT2D eigenvalue weighted by atomic mass is 19.1. The number of anilines is 1. The van der Waals surface area contributed by atoms with Crippen molar-refractivity contribution >= 4 is 11.8 Å². The van der Waals surface area contributed by atoms with Crippen molar-refractivity contribution in [3.8, 4) is 17.1 Å². The predicted molar refractivity (Wildman–Crippen MR) is 90.5 cm³/mol. The van der Waals surface area contributed by atoms with E-state index in [0.29, 0.717) is 11.3 Å². The van der Waals surface area contributed by atoms with Crippen LogP contribution in [0.2, 0.25) is 0 Å². The number of carbonyl (C=O) groups excluding carboxylic acids is 1. The van der Waals surface area contributed by atoms with Gasteiger partial charge in [0.15, 0.2) is 6.67 Å². The number of hydrogen-bond donors (Lipinski definition) is 1. The van der Waals surface area contributed by atoms with Gasteiger partial charge in [0.2, 0.25) is 5.82 Å². The summed E-state index contributed by atoms with van der Waals surface area (Å²) < 4.78 is 38.5.